The summed E-state index contributed by atoms with van der Waals surface area (Å²) in [4.78, 5) is 23.9. The van der Waals surface area contributed by atoms with Gasteiger partial charge in [-0.05, 0) is 48.5 Å². The highest BCUT2D eigenvalue weighted by Crippen LogP contribution is 2.14. The van der Waals surface area contributed by atoms with Gasteiger partial charge in [-0.15, -0.1) is 0 Å². The Kier molecular flexibility index (Phi) is 5.19. The molecule has 0 bridgehead atoms. The van der Waals surface area contributed by atoms with Crippen LogP contribution in [0.1, 0.15) is 11.1 Å². The molecule has 1 heterocycles. The first-order chi connectivity index (χ1) is 12.0. The molecule has 1 aliphatic heterocycles. The minimum absolute atomic E-state index is 0.0949. The summed E-state index contributed by atoms with van der Waals surface area (Å²) in [5, 5.41) is 2.24. The third-order valence-electron chi connectivity index (χ3n) is 3.28. The monoisotopic (exact) mass is 453 g/mol. The van der Waals surface area contributed by atoms with E-state index in [4.69, 9.17) is 0 Å². The topological polar surface area (TPSA) is 46.2 Å². The quantitative estimate of drug-likeness (QED) is 0.488. The van der Waals surface area contributed by atoms with E-state index >= 15 is 0 Å². The molecule has 0 saturated heterocycles. The summed E-state index contributed by atoms with van der Waals surface area (Å²) in [5.41, 5.74) is 1.67. The third-order valence-corrected chi connectivity index (χ3v) is 4.34. The number of carbonyl (C=O) groups is 2. The molecule has 0 aromatic heterocycles. The normalized spacial score (nSPS) is 12.9. The van der Waals surface area contributed by atoms with Gasteiger partial charge in [-0.2, -0.15) is 0 Å². The summed E-state index contributed by atoms with van der Waals surface area (Å²) in [6.07, 6.45) is 0. The van der Waals surface area contributed by atoms with Crippen LogP contribution in [-0.4, -0.2) is 11.8 Å². The Morgan fingerprint density at radius 2 is 0.960 bits per heavy atom. The molecule has 2 amide bonds. The van der Waals surface area contributed by atoms with Gasteiger partial charge in [-0.1, -0.05) is 55.5 Å². The molecule has 3 rings (SSSR count). The van der Waals surface area contributed by atoms with Gasteiger partial charge in [0.05, 0.1) is 0 Å². The first-order valence-electron chi connectivity index (χ1n) is 7.18. The number of hydrogen-bond donors (Lipinski definition) is 1. The number of imide groups is 1. The lowest BCUT2D eigenvalue weighted by atomic mass is 10.1. The van der Waals surface area contributed by atoms with Gasteiger partial charge in [-0.25, -0.2) is 0 Å². The molecular weight excluding hydrogens is 446 g/mol. The van der Waals surface area contributed by atoms with Crippen molar-refractivity contribution >= 4 is 43.7 Å². The second kappa shape index (κ2) is 7.53. The number of amides is 2. The molecule has 0 aliphatic carbocycles. The standard InChI is InChI=1S/C20H9Br2NO2/c21-15-7-1-13(2-8-15)5-11-17-18(20(25)23-19(17)24)12-6-14-3-9-16(22)10-4-14/h1-4,7-10H,(H,23,24,25). The van der Waals surface area contributed by atoms with Crippen molar-refractivity contribution < 1.29 is 9.59 Å². The highest BCUT2D eigenvalue weighted by Gasteiger charge is 2.28. The number of halogens is 2. The molecule has 3 nitrogen and oxygen atoms in total. The van der Waals surface area contributed by atoms with Crippen LogP contribution in [0.3, 0.4) is 0 Å². The second-order valence-corrected chi connectivity index (χ2v) is 6.88. The molecule has 0 spiro atoms. The van der Waals surface area contributed by atoms with E-state index in [-0.39, 0.29) is 11.1 Å². The van der Waals surface area contributed by atoms with Gasteiger partial charge in [0.2, 0.25) is 0 Å². The van der Waals surface area contributed by atoms with Crippen molar-refractivity contribution in [1.82, 2.24) is 5.32 Å². The van der Waals surface area contributed by atoms with Crippen molar-refractivity contribution in [3.05, 3.63) is 79.7 Å². The number of hydrogen-bond acceptors (Lipinski definition) is 2. The Hall–Kier alpha value is -2.60. The van der Waals surface area contributed by atoms with Crippen LogP contribution < -0.4 is 5.32 Å². The third kappa shape index (κ3) is 4.28. The SMILES string of the molecule is O=C1NC(=O)C(C#Cc2ccc(Br)cc2)=C1C#Cc1ccc(Br)cc1. The van der Waals surface area contributed by atoms with Crippen molar-refractivity contribution in [3.8, 4) is 23.7 Å². The minimum Gasteiger partial charge on any atom is -0.287 e. The fourth-order valence-corrected chi connectivity index (χ4v) is 2.56. The van der Waals surface area contributed by atoms with Crippen LogP contribution in [0.2, 0.25) is 0 Å². The summed E-state index contributed by atoms with van der Waals surface area (Å²) >= 11 is 6.70. The Morgan fingerprint density at radius 1 is 0.600 bits per heavy atom. The van der Waals surface area contributed by atoms with E-state index in [1.165, 1.54) is 0 Å². The van der Waals surface area contributed by atoms with Crippen LogP contribution >= 0.6 is 31.9 Å². The van der Waals surface area contributed by atoms with E-state index in [2.05, 4.69) is 60.9 Å². The summed E-state index contributed by atoms with van der Waals surface area (Å²) in [6.45, 7) is 0. The van der Waals surface area contributed by atoms with Gasteiger partial charge in [0.15, 0.2) is 0 Å². The smallest absolute Gasteiger partial charge is 0.268 e. The van der Waals surface area contributed by atoms with Crippen LogP contribution in [0.5, 0.6) is 0 Å². The van der Waals surface area contributed by atoms with E-state index in [9.17, 15) is 9.59 Å². The van der Waals surface area contributed by atoms with Crippen molar-refractivity contribution in [2.45, 2.75) is 0 Å². The van der Waals surface area contributed by atoms with Gasteiger partial charge in [0, 0.05) is 20.1 Å². The van der Waals surface area contributed by atoms with Crippen LogP contribution in [0.4, 0.5) is 0 Å². The lowest BCUT2D eigenvalue weighted by Gasteiger charge is -1.91. The van der Waals surface area contributed by atoms with Crippen molar-refractivity contribution in [3.63, 3.8) is 0 Å². The number of rotatable bonds is 0. The van der Waals surface area contributed by atoms with Gasteiger partial charge >= 0.3 is 0 Å². The van der Waals surface area contributed by atoms with Gasteiger partial charge in [-0.3, -0.25) is 14.9 Å². The van der Waals surface area contributed by atoms with Crippen molar-refractivity contribution in [2.75, 3.05) is 0 Å². The predicted octanol–water partition coefficient (Wildman–Crippen LogP) is 3.57. The molecule has 5 heteroatoms. The fourth-order valence-electron chi connectivity index (χ4n) is 2.03. The molecule has 120 valence electrons. The average molecular weight is 455 g/mol. The highest BCUT2D eigenvalue weighted by molar-refractivity contribution is 9.10. The average Bonchev–Trinajstić information content (AvgIpc) is 2.87. The maximum absolute atomic E-state index is 12.0. The lowest BCUT2D eigenvalue weighted by molar-refractivity contribution is -0.123. The zero-order valence-corrected chi connectivity index (χ0v) is 15.9. The first-order valence-corrected chi connectivity index (χ1v) is 8.76. The van der Waals surface area contributed by atoms with E-state index in [0.717, 1.165) is 20.1 Å². The molecule has 2 aromatic rings. The molecule has 0 unspecified atom stereocenters. The first kappa shape index (κ1) is 17.2. The van der Waals surface area contributed by atoms with E-state index in [1.54, 1.807) is 0 Å². The maximum Gasteiger partial charge on any atom is 0.268 e. The molecule has 0 atom stereocenters. The van der Waals surface area contributed by atoms with Crippen LogP contribution in [-0.2, 0) is 9.59 Å². The van der Waals surface area contributed by atoms with Gasteiger partial charge < -0.3 is 0 Å². The molecular formula is C20H9Br2NO2. The molecule has 1 aliphatic rings. The lowest BCUT2D eigenvalue weighted by Crippen LogP contribution is -2.22. The van der Waals surface area contributed by atoms with Crippen molar-refractivity contribution in [1.29, 1.82) is 0 Å². The molecule has 2 aromatic carbocycles. The summed E-state index contributed by atoms with van der Waals surface area (Å²) in [6, 6.07) is 14.7. The zero-order chi connectivity index (χ0) is 17.8. The predicted molar refractivity (Wildman–Crippen MR) is 102 cm³/mol. The molecule has 0 saturated carbocycles. The second-order valence-electron chi connectivity index (χ2n) is 5.05. The Balaban J connectivity index is 1.96. The fraction of sp³-hybridized carbons (Fsp3) is 0. The molecule has 0 fully saturated rings. The Labute approximate surface area is 161 Å². The highest BCUT2D eigenvalue weighted by atomic mass is 79.9. The molecule has 1 N–H and O–H groups in total. The van der Waals surface area contributed by atoms with Crippen LogP contribution in [0, 0.1) is 23.7 Å². The van der Waals surface area contributed by atoms with E-state index < -0.39 is 11.8 Å². The van der Waals surface area contributed by atoms with Gasteiger partial charge in [0.25, 0.3) is 11.8 Å². The van der Waals surface area contributed by atoms with Gasteiger partial charge in [0.1, 0.15) is 11.1 Å². The summed E-state index contributed by atoms with van der Waals surface area (Å²) in [7, 11) is 0. The number of nitrogens with one attached hydrogen (secondary N) is 1. The van der Waals surface area contributed by atoms with Crippen LogP contribution in [0.25, 0.3) is 0 Å². The number of carbonyl (C=O) groups excluding carboxylic acids is 2. The van der Waals surface area contributed by atoms with Crippen molar-refractivity contribution in [2.24, 2.45) is 0 Å². The summed E-state index contributed by atoms with van der Waals surface area (Å²) in [5.74, 6) is 10.3. The molecule has 0 radical (unpaired) electrons. The zero-order valence-electron chi connectivity index (χ0n) is 12.7. The summed E-state index contributed by atoms with van der Waals surface area (Å²) < 4.78 is 1.87. The van der Waals surface area contributed by atoms with E-state index in [0.29, 0.717) is 0 Å². The van der Waals surface area contributed by atoms with Crippen LogP contribution in [0.15, 0.2) is 68.6 Å². The van der Waals surface area contributed by atoms with E-state index in [1.807, 2.05) is 48.5 Å². The minimum atomic E-state index is -0.519. The molecule has 25 heavy (non-hydrogen) atoms. The Morgan fingerprint density at radius 3 is 1.32 bits per heavy atom. The Bertz CT molecular complexity index is 928. The maximum atomic E-state index is 12.0. The number of benzene rings is 2. The largest absolute Gasteiger partial charge is 0.287 e.